The molecule has 0 radical (unpaired) electrons. The zero-order chi connectivity index (χ0) is 16.2. The molecule has 3 aromatic heterocycles. The average Bonchev–Trinajstić information content (AvgIpc) is 3.18. The number of aromatic nitrogens is 5. The third-order valence-corrected chi connectivity index (χ3v) is 4.32. The number of rotatable bonds is 5. The van der Waals surface area contributed by atoms with Gasteiger partial charge in [0.2, 0.25) is 0 Å². The Bertz CT molecular complexity index is 810. The lowest BCUT2D eigenvalue weighted by molar-refractivity contribution is 0.0948. The summed E-state index contributed by atoms with van der Waals surface area (Å²) >= 11 is 1.35. The number of nitrogens with one attached hydrogen (secondary N) is 1. The molecular formula is C15H16N6OS. The molecule has 0 bridgehead atoms. The lowest BCUT2D eigenvalue weighted by Gasteiger charge is -2.06. The molecule has 8 heteroatoms. The van der Waals surface area contributed by atoms with Gasteiger partial charge in [-0.2, -0.15) is 0 Å². The van der Waals surface area contributed by atoms with E-state index in [1.165, 1.54) is 11.3 Å². The van der Waals surface area contributed by atoms with Gasteiger partial charge in [-0.1, -0.05) is 0 Å². The van der Waals surface area contributed by atoms with Gasteiger partial charge in [0.05, 0.1) is 12.0 Å². The van der Waals surface area contributed by atoms with Crippen LogP contribution in [0.1, 0.15) is 21.9 Å². The van der Waals surface area contributed by atoms with Gasteiger partial charge in [-0.3, -0.25) is 4.79 Å². The van der Waals surface area contributed by atoms with Crippen LogP contribution in [0, 0.1) is 13.8 Å². The molecule has 1 N–H and O–H groups in total. The first-order valence-electron chi connectivity index (χ1n) is 7.14. The summed E-state index contributed by atoms with van der Waals surface area (Å²) in [6, 6.07) is 1.74. The number of thiazole rings is 1. The van der Waals surface area contributed by atoms with Gasteiger partial charge in [0.15, 0.2) is 10.8 Å². The minimum Gasteiger partial charge on any atom is -0.349 e. The van der Waals surface area contributed by atoms with Gasteiger partial charge in [-0.05, 0) is 19.9 Å². The lowest BCUT2D eigenvalue weighted by atomic mass is 10.4. The minimum atomic E-state index is -0.196. The van der Waals surface area contributed by atoms with Crippen molar-refractivity contribution < 1.29 is 4.79 Å². The van der Waals surface area contributed by atoms with Crippen molar-refractivity contribution in [3.8, 4) is 10.8 Å². The van der Waals surface area contributed by atoms with Gasteiger partial charge >= 0.3 is 0 Å². The summed E-state index contributed by atoms with van der Waals surface area (Å²) in [4.78, 5) is 28.9. The van der Waals surface area contributed by atoms with Crippen molar-refractivity contribution >= 4 is 17.2 Å². The molecule has 0 aromatic carbocycles. The summed E-state index contributed by atoms with van der Waals surface area (Å²) in [6.07, 6.45) is 5.09. The van der Waals surface area contributed by atoms with E-state index in [0.717, 1.165) is 11.4 Å². The highest BCUT2D eigenvalue weighted by Gasteiger charge is 2.13. The van der Waals surface area contributed by atoms with E-state index in [9.17, 15) is 4.79 Å². The maximum atomic E-state index is 12.1. The van der Waals surface area contributed by atoms with Crippen LogP contribution in [0.5, 0.6) is 0 Å². The van der Waals surface area contributed by atoms with Crippen molar-refractivity contribution in [1.82, 2.24) is 29.8 Å². The summed E-state index contributed by atoms with van der Waals surface area (Å²) in [7, 11) is 0. The highest BCUT2D eigenvalue weighted by atomic mass is 32.1. The number of hydrogen-bond acceptors (Lipinski definition) is 6. The number of imidazole rings is 1. The molecule has 0 aliphatic rings. The summed E-state index contributed by atoms with van der Waals surface area (Å²) in [5.41, 5.74) is 2.50. The Hall–Kier alpha value is -2.61. The van der Waals surface area contributed by atoms with Crippen LogP contribution in [0.15, 0.2) is 30.2 Å². The third-order valence-electron chi connectivity index (χ3n) is 3.48. The van der Waals surface area contributed by atoms with Crippen LogP contribution >= 0.6 is 11.3 Å². The maximum Gasteiger partial charge on any atom is 0.270 e. The number of amides is 1. The first kappa shape index (κ1) is 15.3. The summed E-state index contributed by atoms with van der Waals surface area (Å²) < 4.78 is 2.01. The molecule has 0 saturated carbocycles. The van der Waals surface area contributed by atoms with Crippen molar-refractivity contribution in [3.05, 3.63) is 47.2 Å². The summed E-state index contributed by atoms with van der Waals surface area (Å²) in [5.74, 6) is 0.332. The first-order valence-corrected chi connectivity index (χ1v) is 8.02. The van der Waals surface area contributed by atoms with Gasteiger partial charge in [-0.15, -0.1) is 11.3 Å². The van der Waals surface area contributed by atoms with Crippen LogP contribution < -0.4 is 5.32 Å². The fraction of sp³-hybridized carbons (Fsp3) is 0.267. The average molecular weight is 328 g/mol. The van der Waals surface area contributed by atoms with Crippen LogP contribution in [0.2, 0.25) is 0 Å². The molecule has 0 aliphatic heterocycles. The number of carbonyl (C=O) groups is 1. The largest absolute Gasteiger partial charge is 0.349 e. The minimum absolute atomic E-state index is 0.196. The summed E-state index contributed by atoms with van der Waals surface area (Å²) in [5, 5.41) is 5.22. The normalized spacial score (nSPS) is 10.7. The Labute approximate surface area is 137 Å². The molecule has 0 aliphatic carbocycles. The molecule has 1 amide bonds. The van der Waals surface area contributed by atoms with E-state index in [0.29, 0.717) is 29.6 Å². The standard InChI is InChI=1S/C15H16N6OS/c1-10-11(2)21(9-19-10)7-6-18-14(22)12-8-23-15(20-12)13-16-4-3-5-17-13/h3-5,8-9H,6-7H2,1-2H3,(H,18,22). The molecular weight excluding hydrogens is 312 g/mol. The maximum absolute atomic E-state index is 12.1. The Morgan fingerprint density at radius 2 is 2.04 bits per heavy atom. The van der Waals surface area contributed by atoms with Crippen LogP contribution in [-0.2, 0) is 6.54 Å². The Morgan fingerprint density at radius 3 is 2.74 bits per heavy atom. The Morgan fingerprint density at radius 1 is 1.26 bits per heavy atom. The van der Waals surface area contributed by atoms with Gasteiger partial charge in [0.1, 0.15) is 5.69 Å². The Balaban J connectivity index is 1.59. The van der Waals surface area contributed by atoms with Gasteiger partial charge < -0.3 is 9.88 Å². The van der Waals surface area contributed by atoms with Crippen LogP contribution in [0.25, 0.3) is 10.8 Å². The second-order valence-corrected chi connectivity index (χ2v) is 5.83. The lowest BCUT2D eigenvalue weighted by Crippen LogP contribution is -2.27. The summed E-state index contributed by atoms with van der Waals surface area (Å²) in [6.45, 7) is 5.17. The second-order valence-electron chi connectivity index (χ2n) is 4.97. The fourth-order valence-electron chi connectivity index (χ4n) is 2.04. The SMILES string of the molecule is Cc1ncn(CCNC(=O)c2csc(-c3ncccn3)n2)c1C. The van der Waals surface area contributed by atoms with E-state index >= 15 is 0 Å². The van der Waals surface area contributed by atoms with E-state index in [2.05, 4.69) is 25.3 Å². The molecule has 7 nitrogen and oxygen atoms in total. The molecule has 3 aromatic rings. The zero-order valence-corrected chi connectivity index (χ0v) is 13.7. The molecule has 0 atom stereocenters. The molecule has 118 valence electrons. The smallest absolute Gasteiger partial charge is 0.270 e. The Kier molecular flexibility index (Phi) is 4.42. The number of hydrogen-bond donors (Lipinski definition) is 1. The molecule has 3 rings (SSSR count). The molecule has 0 saturated heterocycles. The van der Waals surface area contributed by atoms with Crippen molar-refractivity contribution in [3.63, 3.8) is 0 Å². The number of carbonyl (C=O) groups excluding carboxylic acids is 1. The van der Waals surface area contributed by atoms with Crippen molar-refractivity contribution in [2.24, 2.45) is 0 Å². The first-order chi connectivity index (χ1) is 11.1. The van der Waals surface area contributed by atoms with Crippen LogP contribution in [0.4, 0.5) is 0 Å². The molecule has 0 unspecified atom stereocenters. The van der Waals surface area contributed by atoms with Gasteiger partial charge in [0.25, 0.3) is 5.91 Å². The van der Waals surface area contributed by atoms with E-state index in [4.69, 9.17) is 0 Å². The topological polar surface area (TPSA) is 85.6 Å². The second kappa shape index (κ2) is 6.66. The quantitative estimate of drug-likeness (QED) is 0.772. The molecule has 0 fully saturated rings. The predicted molar refractivity (Wildman–Crippen MR) is 87.2 cm³/mol. The van der Waals surface area contributed by atoms with Crippen molar-refractivity contribution in [2.75, 3.05) is 6.54 Å². The monoisotopic (exact) mass is 328 g/mol. The third kappa shape index (κ3) is 3.42. The molecule has 0 spiro atoms. The van der Waals surface area contributed by atoms with Crippen LogP contribution in [0.3, 0.4) is 0 Å². The van der Waals surface area contributed by atoms with E-state index in [-0.39, 0.29) is 5.91 Å². The van der Waals surface area contributed by atoms with Crippen molar-refractivity contribution in [2.45, 2.75) is 20.4 Å². The molecule has 3 heterocycles. The number of nitrogens with zero attached hydrogens (tertiary/aromatic N) is 5. The molecule has 23 heavy (non-hydrogen) atoms. The number of aryl methyl sites for hydroxylation is 1. The predicted octanol–water partition coefficient (Wildman–Crippen LogP) is 1.84. The van der Waals surface area contributed by atoms with Gasteiger partial charge in [-0.25, -0.2) is 19.9 Å². The zero-order valence-electron chi connectivity index (χ0n) is 12.9. The highest BCUT2D eigenvalue weighted by Crippen LogP contribution is 2.19. The fourth-order valence-corrected chi connectivity index (χ4v) is 2.79. The van der Waals surface area contributed by atoms with E-state index < -0.39 is 0 Å². The van der Waals surface area contributed by atoms with E-state index in [1.54, 1.807) is 30.2 Å². The highest BCUT2D eigenvalue weighted by molar-refractivity contribution is 7.13. The van der Waals surface area contributed by atoms with Gasteiger partial charge in [0, 0.05) is 36.6 Å². The van der Waals surface area contributed by atoms with E-state index in [1.807, 2.05) is 18.4 Å². The van der Waals surface area contributed by atoms with Crippen LogP contribution in [-0.4, -0.2) is 37.0 Å². The van der Waals surface area contributed by atoms with Crippen molar-refractivity contribution in [1.29, 1.82) is 0 Å².